The zero-order valence-corrected chi connectivity index (χ0v) is 17.0. The van der Waals surface area contributed by atoms with Crippen LogP contribution in [0.15, 0.2) is 41.8 Å². The Morgan fingerprint density at radius 3 is 2.75 bits per heavy atom. The van der Waals surface area contributed by atoms with Gasteiger partial charge in [0.05, 0.1) is 11.5 Å². The smallest absolute Gasteiger partial charge is 0.281 e. The molecule has 2 aromatic heterocycles. The standard InChI is InChI=1S/C19H19N5O2S2/c1-19(2,12-6-4-3-5-7-12)22-16(26)18-20-13-14(23-24-17(13)28-18)21-15(25)11-8-9-27-10-11/h3-9,11H,10H2,1-2H3,(H,22,26)(H2,21,23,24,25). The first kappa shape index (κ1) is 18.7. The Bertz CT molecular complexity index is 1050. The van der Waals surface area contributed by atoms with Crippen LogP contribution in [0.1, 0.15) is 29.2 Å². The zero-order chi connectivity index (χ0) is 19.7. The molecule has 0 fully saturated rings. The van der Waals surface area contributed by atoms with E-state index in [4.69, 9.17) is 0 Å². The molecule has 2 amide bonds. The van der Waals surface area contributed by atoms with E-state index < -0.39 is 5.54 Å². The number of nitrogens with one attached hydrogen (secondary N) is 3. The van der Waals surface area contributed by atoms with E-state index in [1.54, 1.807) is 11.8 Å². The van der Waals surface area contributed by atoms with Crippen molar-refractivity contribution in [2.45, 2.75) is 19.4 Å². The quantitative estimate of drug-likeness (QED) is 0.594. The summed E-state index contributed by atoms with van der Waals surface area (Å²) in [5.74, 6) is 0.501. The molecule has 1 unspecified atom stereocenters. The highest BCUT2D eigenvalue weighted by Gasteiger charge is 2.26. The lowest BCUT2D eigenvalue weighted by Gasteiger charge is -2.26. The third kappa shape index (κ3) is 3.67. The molecule has 3 heterocycles. The lowest BCUT2D eigenvalue weighted by molar-refractivity contribution is -0.118. The van der Waals surface area contributed by atoms with E-state index in [-0.39, 0.29) is 17.7 Å². The number of hydrogen-bond donors (Lipinski definition) is 3. The fourth-order valence-corrected chi connectivity index (χ4v) is 4.59. The number of carbonyl (C=O) groups is 2. The number of fused-ring (bicyclic) bond motifs is 1. The Balaban J connectivity index is 1.52. The SMILES string of the molecule is CC(C)(NC(=O)c1nc2c(NC(=O)C3C=CSC3)n[nH]c2s1)c1ccccc1. The van der Waals surface area contributed by atoms with Gasteiger partial charge in [0.15, 0.2) is 10.8 Å². The molecule has 3 N–H and O–H groups in total. The third-order valence-electron chi connectivity index (χ3n) is 4.50. The van der Waals surface area contributed by atoms with Crippen LogP contribution in [0.25, 0.3) is 10.3 Å². The number of benzene rings is 1. The van der Waals surface area contributed by atoms with Crippen molar-refractivity contribution in [3.8, 4) is 0 Å². The predicted octanol–water partition coefficient (Wildman–Crippen LogP) is 3.50. The second kappa shape index (κ2) is 7.40. The van der Waals surface area contributed by atoms with Gasteiger partial charge >= 0.3 is 0 Å². The number of aromatic nitrogens is 3. The van der Waals surface area contributed by atoms with Crippen LogP contribution in [-0.4, -0.2) is 32.7 Å². The fraction of sp³-hybridized carbons (Fsp3) is 0.263. The Kier molecular flexibility index (Phi) is 4.94. The second-order valence-corrected chi connectivity index (χ2v) is 8.91. The maximum absolute atomic E-state index is 12.7. The number of aromatic amines is 1. The summed E-state index contributed by atoms with van der Waals surface area (Å²) in [7, 11) is 0. The van der Waals surface area contributed by atoms with Gasteiger partial charge in [-0.25, -0.2) is 4.98 Å². The average Bonchev–Trinajstić information content (AvgIpc) is 3.40. The number of anilines is 1. The molecule has 1 atom stereocenters. The second-order valence-electron chi connectivity index (χ2n) is 6.97. The molecule has 7 nitrogen and oxygen atoms in total. The minimum Gasteiger partial charge on any atom is -0.341 e. The number of nitrogens with zero attached hydrogens (tertiary/aromatic N) is 2. The first-order valence-electron chi connectivity index (χ1n) is 8.76. The first-order valence-corrected chi connectivity index (χ1v) is 10.6. The van der Waals surface area contributed by atoms with Crippen molar-refractivity contribution in [3.05, 3.63) is 52.4 Å². The van der Waals surface area contributed by atoms with Gasteiger partial charge < -0.3 is 10.6 Å². The molecular weight excluding hydrogens is 394 g/mol. The molecule has 0 spiro atoms. The monoisotopic (exact) mass is 413 g/mol. The predicted molar refractivity (Wildman–Crippen MR) is 112 cm³/mol. The molecule has 1 aliphatic rings. The highest BCUT2D eigenvalue weighted by atomic mass is 32.2. The van der Waals surface area contributed by atoms with Gasteiger partial charge in [-0.05, 0) is 24.8 Å². The summed E-state index contributed by atoms with van der Waals surface area (Å²) in [4.78, 5) is 30.1. The van der Waals surface area contributed by atoms with Gasteiger partial charge in [0.1, 0.15) is 10.3 Å². The molecule has 28 heavy (non-hydrogen) atoms. The molecule has 0 saturated carbocycles. The Morgan fingerprint density at radius 1 is 1.25 bits per heavy atom. The molecule has 3 aromatic rings. The minimum absolute atomic E-state index is 0.126. The summed E-state index contributed by atoms with van der Waals surface area (Å²) in [5, 5.41) is 15.0. The molecule has 0 bridgehead atoms. The lowest BCUT2D eigenvalue weighted by atomic mass is 9.94. The number of carbonyl (C=O) groups excluding carboxylic acids is 2. The van der Waals surface area contributed by atoms with Gasteiger partial charge in [0.2, 0.25) is 5.91 Å². The Hall–Kier alpha value is -2.65. The van der Waals surface area contributed by atoms with Crippen molar-refractivity contribution in [1.29, 1.82) is 0 Å². The summed E-state index contributed by atoms with van der Waals surface area (Å²) in [5.41, 5.74) is 0.956. The highest BCUT2D eigenvalue weighted by molar-refractivity contribution is 8.02. The van der Waals surface area contributed by atoms with Crippen LogP contribution < -0.4 is 10.6 Å². The third-order valence-corrected chi connectivity index (χ3v) is 6.36. The van der Waals surface area contributed by atoms with Crippen molar-refractivity contribution < 1.29 is 9.59 Å². The Labute approximate surface area is 170 Å². The van der Waals surface area contributed by atoms with Gasteiger partial charge in [-0.3, -0.25) is 14.7 Å². The molecule has 1 aromatic carbocycles. The van der Waals surface area contributed by atoms with E-state index in [0.717, 1.165) is 11.3 Å². The van der Waals surface area contributed by atoms with Crippen LogP contribution in [0, 0.1) is 5.92 Å². The molecule has 0 aliphatic carbocycles. The molecule has 0 radical (unpaired) electrons. The van der Waals surface area contributed by atoms with Gasteiger partial charge in [0.25, 0.3) is 5.91 Å². The number of thioether (sulfide) groups is 1. The van der Waals surface area contributed by atoms with Crippen molar-refractivity contribution >= 4 is 51.1 Å². The Morgan fingerprint density at radius 2 is 2.04 bits per heavy atom. The molecule has 4 rings (SSSR count). The lowest BCUT2D eigenvalue weighted by Crippen LogP contribution is -2.40. The van der Waals surface area contributed by atoms with Crippen LogP contribution in [0.5, 0.6) is 0 Å². The van der Waals surface area contributed by atoms with E-state index >= 15 is 0 Å². The van der Waals surface area contributed by atoms with E-state index in [2.05, 4.69) is 25.8 Å². The van der Waals surface area contributed by atoms with Gasteiger partial charge in [0, 0.05) is 5.75 Å². The van der Waals surface area contributed by atoms with Gasteiger partial charge in [-0.2, -0.15) is 5.10 Å². The van der Waals surface area contributed by atoms with Crippen LogP contribution in [0.2, 0.25) is 0 Å². The largest absolute Gasteiger partial charge is 0.341 e. The summed E-state index contributed by atoms with van der Waals surface area (Å²) in [6.45, 7) is 3.89. The minimum atomic E-state index is -0.542. The van der Waals surface area contributed by atoms with E-state index in [1.807, 2.05) is 55.7 Å². The average molecular weight is 414 g/mol. The normalized spacial score (nSPS) is 16.4. The maximum atomic E-state index is 12.7. The molecule has 0 saturated heterocycles. The van der Waals surface area contributed by atoms with Crippen molar-refractivity contribution in [3.63, 3.8) is 0 Å². The van der Waals surface area contributed by atoms with Crippen LogP contribution in [-0.2, 0) is 10.3 Å². The molecule has 1 aliphatic heterocycles. The highest BCUT2D eigenvalue weighted by Crippen LogP contribution is 2.28. The topological polar surface area (TPSA) is 99.8 Å². The van der Waals surface area contributed by atoms with E-state index in [9.17, 15) is 9.59 Å². The van der Waals surface area contributed by atoms with Crippen LogP contribution >= 0.6 is 23.1 Å². The molecule has 144 valence electrons. The number of hydrogen-bond acceptors (Lipinski definition) is 6. The number of thiazole rings is 1. The van der Waals surface area contributed by atoms with Crippen LogP contribution in [0.3, 0.4) is 0 Å². The summed E-state index contributed by atoms with van der Waals surface area (Å²) >= 11 is 2.81. The van der Waals surface area contributed by atoms with Crippen molar-refractivity contribution in [1.82, 2.24) is 20.5 Å². The van der Waals surface area contributed by atoms with E-state index in [0.29, 0.717) is 21.2 Å². The molecule has 9 heteroatoms. The van der Waals surface area contributed by atoms with Crippen molar-refractivity contribution in [2.75, 3.05) is 11.1 Å². The zero-order valence-electron chi connectivity index (χ0n) is 15.4. The van der Waals surface area contributed by atoms with Crippen LogP contribution in [0.4, 0.5) is 5.82 Å². The number of rotatable bonds is 5. The fourth-order valence-electron chi connectivity index (χ4n) is 2.90. The van der Waals surface area contributed by atoms with E-state index in [1.165, 1.54) is 11.3 Å². The van der Waals surface area contributed by atoms with Gasteiger partial charge in [-0.15, -0.1) is 11.8 Å². The molecular formula is C19H19N5O2S2. The first-order chi connectivity index (χ1) is 13.4. The maximum Gasteiger partial charge on any atom is 0.281 e. The van der Waals surface area contributed by atoms with Gasteiger partial charge in [-0.1, -0.05) is 47.7 Å². The number of amides is 2. The summed E-state index contributed by atoms with van der Waals surface area (Å²) < 4.78 is 0. The van der Waals surface area contributed by atoms with Crippen molar-refractivity contribution in [2.24, 2.45) is 5.92 Å². The number of H-pyrrole nitrogens is 1. The summed E-state index contributed by atoms with van der Waals surface area (Å²) in [6, 6.07) is 9.76. The summed E-state index contributed by atoms with van der Waals surface area (Å²) in [6.07, 6.45) is 1.87.